The van der Waals surface area contributed by atoms with Crippen molar-refractivity contribution in [2.75, 3.05) is 6.54 Å². The van der Waals surface area contributed by atoms with Crippen molar-refractivity contribution in [2.24, 2.45) is 0 Å². The number of hydrogen-bond donors (Lipinski definition) is 2. The van der Waals surface area contributed by atoms with Crippen LogP contribution in [0.15, 0.2) is 133 Å². The Balaban J connectivity index is 0.00000316. The predicted octanol–water partition coefficient (Wildman–Crippen LogP) is 8.30. The van der Waals surface area contributed by atoms with Crippen LogP contribution in [0, 0.1) is 6.92 Å². The summed E-state index contributed by atoms with van der Waals surface area (Å²) in [4.78, 5) is 0.820. The normalized spacial score (nSPS) is 11.9. The average molecular weight is 497 g/mol. The summed E-state index contributed by atoms with van der Waals surface area (Å²) in [5, 5.41) is 6.74. The number of hydrogen-bond acceptors (Lipinski definition) is 2. The zero-order chi connectivity index (χ0) is 26.6. The van der Waals surface area contributed by atoms with Crippen LogP contribution in [-0.4, -0.2) is 11.5 Å². The van der Waals surface area contributed by atoms with Crippen molar-refractivity contribution >= 4 is 17.2 Å². The van der Waals surface area contributed by atoms with E-state index in [0.717, 1.165) is 59.8 Å². The molecule has 0 bridgehead atoms. The first-order valence-electron chi connectivity index (χ1n) is 12.5. The van der Waals surface area contributed by atoms with Gasteiger partial charge < -0.3 is 10.6 Å². The molecule has 3 heteroatoms. The molecule has 0 saturated heterocycles. The maximum absolute atomic E-state index is 5.53. The third kappa shape index (κ3) is 13.3. The highest BCUT2D eigenvalue weighted by atomic mass is 32.1. The van der Waals surface area contributed by atoms with Gasteiger partial charge in [0.15, 0.2) is 0 Å². The van der Waals surface area contributed by atoms with Gasteiger partial charge in [0, 0.05) is 23.5 Å². The second-order valence-corrected chi connectivity index (χ2v) is 8.44. The summed E-state index contributed by atoms with van der Waals surface area (Å²) in [6, 6.07) is 8.67. The van der Waals surface area contributed by atoms with Gasteiger partial charge in [-0.05, 0) is 80.2 Å². The van der Waals surface area contributed by atoms with Crippen molar-refractivity contribution in [3.63, 3.8) is 0 Å². The van der Waals surface area contributed by atoms with Crippen LogP contribution < -0.4 is 10.6 Å². The van der Waals surface area contributed by atoms with Gasteiger partial charge in [0.1, 0.15) is 0 Å². The van der Waals surface area contributed by atoms with Gasteiger partial charge in [0.05, 0.1) is 4.99 Å². The molecule has 2 N–H and O–H groups in total. The first-order chi connectivity index (χ1) is 17.5. The summed E-state index contributed by atoms with van der Waals surface area (Å²) in [5.74, 6) is 0. The summed E-state index contributed by atoms with van der Waals surface area (Å²) in [6.07, 6.45) is 20.6. The molecular formula is C33H40N2S. The second-order valence-electron chi connectivity index (χ2n) is 7.95. The van der Waals surface area contributed by atoms with E-state index in [0.29, 0.717) is 0 Å². The van der Waals surface area contributed by atoms with Gasteiger partial charge in [-0.2, -0.15) is 0 Å². The van der Waals surface area contributed by atoms with Crippen LogP contribution in [0.1, 0.15) is 44.2 Å². The van der Waals surface area contributed by atoms with E-state index in [1.165, 1.54) is 11.1 Å². The Hall–Kier alpha value is -3.61. The fraction of sp³-hybridized carbons (Fsp3) is 0.242. The first kappa shape index (κ1) is 30.4. The minimum Gasteiger partial charge on any atom is -0.388 e. The third-order valence-corrected chi connectivity index (χ3v) is 5.37. The van der Waals surface area contributed by atoms with E-state index < -0.39 is 0 Å². The van der Waals surface area contributed by atoms with Crippen molar-refractivity contribution < 1.29 is 0 Å². The van der Waals surface area contributed by atoms with Crippen molar-refractivity contribution in [1.82, 2.24) is 10.6 Å². The second kappa shape index (κ2) is 18.7. The van der Waals surface area contributed by atoms with Crippen LogP contribution in [0.5, 0.6) is 0 Å². The van der Waals surface area contributed by atoms with E-state index in [9.17, 15) is 0 Å². The summed E-state index contributed by atoms with van der Waals surface area (Å²) in [5.41, 5.74) is 12.9. The van der Waals surface area contributed by atoms with Crippen LogP contribution in [0.25, 0.3) is 0 Å². The van der Waals surface area contributed by atoms with Crippen molar-refractivity contribution in [3.05, 3.63) is 144 Å². The lowest BCUT2D eigenvalue weighted by atomic mass is 10.1. The zero-order valence-corrected chi connectivity index (χ0v) is 22.9. The molecule has 36 heavy (non-hydrogen) atoms. The number of allylic oxidation sites excluding steroid dienone is 10. The number of aryl methyl sites for hydroxylation is 1. The van der Waals surface area contributed by atoms with Crippen LogP contribution >= 0.6 is 12.2 Å². The molecule has 0 atom stereocenters. The monoisotopic (exact) mass is 496 g/mol. The van der Waals surface area contributed by atoms with Crippen LogP contribution in [0.2, 0.25) is 0 Å². The van der Waals surface area contributed by atoms with Gasteiger partial charge in [-0.15, -0.1) is 11.5 Å². The molecule has 1 aliphatic carbocycles. The van der Waals surface area contributed by atoms with E-state index in [-0.39, 0.29) is 0 Å². The number of benzene rings is 1. The molecule has 0 heterocycles. The van der Waals surface area contributed by atoms with Crippen molar-refractivity contribution in [2.45, 2.75) is 46.5 Å². The lowest BCUT2D eigenvalue weighted by Crippen LogP contribution is -2.20. The Bertz CT molecular complexity index is 1110. The van der Waals surface area contributed by atoms with Gasteiger partial charge in [-0.3, -0.25) is 0 Å². The molecule has 1 aliphatic rings. The summed E-state index contributed by atoms with van der Waals surface area (Å²) >= 11 is 5.53. The molecule has 0 unspecified atom stereocenters. The molecule has 1 aromatic rings. The average Bonchev–Trinajstić information content (AvgIpc) is 3.11. The van der Waals surface area contributed by atoms with Crippen molar-refractivity contribution in [3.8, 4) is 0 Å². The molecular weight excluding hydrogens is 456 g/mol. The SMILES string of the molecule is C=C/C=C(\C=C)C=C=CC1=C=CC=C(NC(=S)CCCC(=C)NCCc2ccc(C)cc2)C=C1.CC. The van der Waals surface area contributed by atoms with Gasteiger partial charge in [0.2, 0.25) is 0 Å². The zero-order valence-electron chi connectivity index (χ0n) is 22.1. The molecule has 0 saturated carbocycles. The fourth-order valence-electron chi connectivity index (χ4n) is 3.14. The standard InChI is InChI=1S/C31H34N2S.C2H6/c1-5-10-27(6-2)12-8-13-28-14-9-15-30(22-21-28)33-31(34)16-7-11-26(4)32-24-23-29-19-17-25(3)18-20-29;1-2/h5-6,9-10,12-13,15,17-22,32H,1-2,4,7,11,16,23-24H2,3H3,(H,33,34);1-2H3/b27-10+;. The minimum atomic E-state index is 0.811. The van der Waals surface area contributed by atoms with Gasteiger partial charge in [0.25, 0.3) is 0 Å². The maximum Gasteiger partial charge on any atom is 0.0797 e. The highest BCUT2D eigenvalue weighted by molar-refractivity contribution is 7.80. The molecule has 0 fully saturated rings. The van der Waals surface area contributed by atoms with E-state index in [4.69, 9.17) is 12.2 Å². The highest BCUT2D eigenvalue weighted by Gasteiger charge is 2.02. The first-order valence-corrected chi connectivity index (χ1v) is 12.9. The van der Waals surface area contributed by atoms with E-state index >= 15 is 0 Å². The summed E-state index contributed by atoms with van der Waals surface area (Å²) in [7, 11) is 0. The Morgan fingerprint density at radius 1 is 1.11 bits per heavy atom. The van der Waals surface area contributed by atoms with E-state index in [1.807, 2.05) is 56.4 Å². The highest BCUT2D eigenvalue weighted by Crippen LogP contribution is 2.09. The van der Waals surface area contributed by atoms with Crippen LogP contribution in [0.3, 0.4) is 0 Å². The topological polar surface area (TPSA) is 24.1 Å². The van der Waals surface area contributed by atoms with E-state index in [1.54, 1.807) is 12.2 Å². The third-order valence-electron chi connectivity index (χ3n) is 5.07. The molecule has 0 aromatic heterocycles. The Morgan fingerprint density at radius 3 is 2.56 bits per heavy atom. The molecule has 0 radical (unpaired) electrons. The minimum absolute atomic E-state index is 0.811. The van der Waals surface area contributed by atoms with Gasteiger partial charge in [-0.1, -0.05) is 93.9 Å². The number of nitrogens with one attached hydrogen (secondary N) is 2. The molecule has 0 aliphatic heterocycles. The number of thiocarbonyl (C=S) groups is 1. The molecule has 2 nitrogen and oxygen atoms in total. The Morgan fingerprint density at radius 2 is 1.86 bits per heavy atom. The van der Waals surface area contributed by atoms with Crippen LogP contribution in [-0.2, 0) is 6.42 Å². The fourth-order valence-corrected chi connectivity index (χ4v) is 3.40. The molecule has 0 amide bonds. The summed E-state index contributed by atoms with van der Waals surface area (Å²) < 4.78 is 0. The largest absolute Gasteiger partial charge is 0.388 e. The molecule has 188 valence electrons. The lowest BCUT2D eigenvalue weighted by molar-refractivity contribution is 0.718. The summed E-state index contributed by atoms with van der Waals surface area (Å²) in [6.45, 7) is 18.6. The quantitative estimate of drug-likeness (QED) is 0.163. The molecule has 0 spiro atoms. The lowest BCUT2D eigenvalue weighted by Gasteiger charge is -2.11. The molecule has 2 rings (SSSR count). The smallest absolute Gasteiger partial charge is 0.0797 e. The van der Waals surface area contributed by atoms with Crippen molar-refractivity contribution in [1.29, 1.82) is 0 Å². The Labute approximate surface area is 224 Å². The predicted molar refractivity (Wildman–Crippen MR) is 163 cm³/mol. The van der Waals surface area contributed by atoms with Crippen LogP contribution in [0.4, 0.5) is 0 Å². The molecule has 1 aromatic carbocycles. The van der Waals surface area contributed by atoms with E-state index in [2.05, 4.69) is 73.0 Å². The van der Waals surface area contributed by atoms with Gasteiger partial charge in [-0.25, -0.2) is 0 Å². The Kier molecular flexibility index (Phi) is 15.8. The number of rotatable bonds is 13. The van der Waals surface area contributed by atoms with Gasteiger partial charge >= 0.3 is 0 Å². The maximum atomic E-state index is 5.53.